The van der Waals surface area contributed by atoms with Crippen molar-refractivity contribution in [3.8, 4) is 17.0 Å². The van der Waals surface area contributed by atoms with Crippen LogP contribution in [0.4, 0.5) is 5.13 Å². The van der Waals surface area contributed by atoms with Crippen molar-refractivity contribution in [2.45, 2.75) is 13.3 Å². The Kier molecular flexibility index (Phi) is 3.44. The van der Waals surface area contributed by atoms with Crippen LogP contribution in [-0.4, -0.2) is 18.0 Å². The molecule has 104 valence electrons. The second-order valence-corrected chi connectivity index (χ2v) is 5.93. The number of methoxy groups -OCH3 is 1. The molecular weight excluding hydrogens is 272 g/mol. The Hall–Kier alpha value is -1.88. The van der Waals surface area contributed by atoms with Gasteiger partial charge in [0.25, 0.3) is 0 Å². The number of nitrogens with one attached hydrogen (secondary N) is 1. The summed E-state index contributed by atoms with van der Waals surface area (Å²) in [5, 5.41) is 5.51. The third kappa shape index (κ3) is 2.67. The third-order valence-corrected chi connectivity index (χ3v) is 4.32. The van der Waals surface area contributed by atoms with Gasteiger partial charge >= 0.3 is 0 Å². The number of thiazole rings is 1. The van der Waals surface area contributed by atoms with Crippen molar-refractivity contribution in [2.24, 2.45) is 11.8 Å². The maximum atomic E-state index is 11.9. The van der Waals surface area contributed by atoms with Gasteiger partial charge in [0.2, 0.25) is 5.91 Å². The second-order valence-electron chi connectivity index (χ2n) is 5.08. The lowest BCUT2D eigenvalue weighted by Gasteiger charge is -2.01. The van der Waals surface area contributed by atoms with Crippen molar-refractivity contribution in [1.29, 1.82) is 0 Å². The molecule has 1 N–H and O–H groups in total. The van der Waals surface area contributed by atoms with Gasteiger partial charge in [-0.25, -0.2) is 4.98 Å². The van der Waals surface area contributed by atoms with Crippen molar-refractivity contribution in [1.82, 2.24) is 4.98 Å². The van der Waals surface area contributed by atoms with Gasteiger partial charge < -0.3 is 10.1 Å². The summed E-state index contributed by atoms with van der Waals surface area (Å²) in [4.78, 5) is 16.3. The van der Waals surface area contributed by atoms with E-state index in [4.69, 9.17) is 4.74 Å². The zero-order valence-electron chi connectivity index (χ0n) is 11.4. The van der Waals surface area contributed by atoms with Crippen LogP contribution in [-0.2, 0) is 4.79 Å². The fraction of sp³-hybridized carbons (Fsp3) is 0.333. The standard InChI is InChI=1S/C15H16N2O2S/c1-9-7-12(9)14(18)17-15-16-13(8-20-15)10-3-5-11(19-2)6-4-10/h3-6,8-9,12H,7H2,1-2H3,(H,16,17,18). The maximum Gasteiger partial charge on any atom is 0.229 e. The molecule has 3 rings (SSSR count). The summed E-state index contributed by atoms with van der Waals surface area (Å²) in [6.07, 6.45) is 0.989. The van der Waals surface area contributed by atoms with Crippen molar-refractivity contribution in [2.75, 3.05) is 12.4 Å². The Morgan fingerprint density at radius 1 is 1.40 bits per heavy atom. The van der Waals surface area contributed by atoms with Crippen molar-refractivity contribution in [3.63, 3.8) is 0 Å². The molecule has 0 saturated heterocycles. The Bertz CT molecular complexity index is 621. The molecule has 1 aliphatic carbocycles. The van der Waals surface area contributed by atoms with Gasteiger partial charge in [-0.05, 0) is 36.6 Å². The third-order valence-electron chi connectivity index (χ3n) is 3.57. The summed E-state index contributed by atoms with van der Waals surface area (Å²) in [6, 6.07) is 7.72. The van der Waals surface area contributed by atoms with Gasteiger partial charge in [0.05, 0.1) is 12.8 Å². The molecule has 0 radical (unpaired) electrons. The van der Waals surface area contributed by atoms with E-state index in [1.54, 1.807) is 7.11 Å². The Morgan fingerprint density at radius 3 is 2.70 bits per heavy atom. The maximum absolute atomic E-state index is 11.9. The fourth-order valence-electron chi connectivity index (χ4n) is 2.11. The molecule has 1 amide bonds. The van der Waals surface area contributed by atoms with Crippen LogP contribution < -0.4 is 10.1 Å². The number of aromatic nitrogens is 1. The van der Waals surface area contributed by atoms with Crippen LogP contribution in [0.3, 0.4) is 0 Å². The molecule has 2 aromatic rings. The van der Waals surface area contributed by atoms with E-state index in [0.29, 0.717) is 11.0 Å². The van der Waals surface area contributed by atoms with Crippen molar-refractivity contribution < 1.29 is 9.53 Å². The van der Waals surface area contributed by atoms with Crippen LogP contribution in [0.5, 0.6) is 5.75 Å². The van der Waals surface area contributed by atoms with Crippen LogP contribution in [0.1, 0.15) is 13.3 Å². The summed E-state index contributed by atoms with van der Waals surface area (Å²) in [5.74, 6) is 1.59. The lowest BCUT2D eigenvalue weighted by atomic mass is 10.2. The predicted molar refractivity (Wildman–Crippen MR) is 80.0 cm³/mol. The Morgan fingerprint density at radius 2 is 2.10 bits per heavy atom. The lowest BCUT2D eigenvalue weighted by molar-refractivity contribution is -0.117. The van der Waals surface area contributed by atoms with Crippen LogP contribution in [0.25, 0.3) is 11.3 Å². The molecule has 0 bridgehead atoms. The van der Waals surface area contributed by atoms with Crippen molar-refractivity contribution >= 4 is 22.4 Å². The summed E-state index contributed by atoms with van der Waals surface area (Å²) in [6.45, 7) is 2.09. The minimum absolute atomic E-state index is 0.0909. The summed E-state index contributed by atoms with van der Waals surface area (Å²) in [5.41, 5.74) is 1.89. The molecule has 1 aliphatic rings. The molecule has 2 atom stereocenters. The van der Waals surface area contributed by atoms with Crippen LogP contribution >= 0.6 is 11.3 Å². The largest absolute Gasteiger partial charge is 0.497 e. The summed E-state index contributed by atoms with van der Waals surface area (Å²) >= 11 is 1.45. The number of nitrogens with zero attached hydrogens (tertiary/aromatic N) is 1. The molecule has 0 spiro atoms. The number of benzene rings is 1. The average Bonchev–Trinajstić information content (AvgIpc) is 3.02. The SMILES string of the molecule is COc1ccc(-c2csc(NC(=O)C3CC3C)n2)cc1. The van der Waals surface area contributed by atoms with E-state index < -0.39 is 0 Å². The highest BCUT2D eigenvalue weighted by Crippen LogP contribution is 2.38. The Balaban J connectivity index is 1.70. The molecule has 1 saturated carbocycles. The normalized spacial score (nSPS) is 20.5. The minimum Gasteiger partial charge on any atom is -0.497 e. The van der Waals surface area contributed by atoms with E-state index in [9.17, 15) is 4.79 Å². The number of amides is 1. The minimum atomic E-state index is 0.0909. The first-order chi connectivity index (χ1) is 9.67. The highest BCUT2D eigenvalue weighted by Gasteiger charge is 2.39. The van der Waals surface area contributed by atoms with Crippen LogP contribution in [0, 0.1) is 11.8 Å². The summed E-state index contributed by atoms with van der Waals surface area (Å²) < 4.78 is 5.13. The lowest BCUT2D eigenvalue weighted by Crippen LogP contribution is -2.14. The first-order valence-corrected chi connectivity index (χ1v) is 7.46. The predicted octanol–water partition coefficient (Wildman–Crippen LogP) is 3.41. The molecule has 4 nitrogen and oxygen atoms in total. The number of carbonyl (C=O) groups is 1. The van der Waals surface area contributed by atoms with E-state index in [0.717, 1.165) is 23.4 Å². The van der Waals surface area contributed by atoms with E-state index in [-0.39, 0.29) is 11.8 Å². The van der Waals surface area contributed by atoms with Gasteiger partial charge in [0.15, 0.2) is 5.13 Å². The first kappa shape index (κ1) is 13.1. The van der Waals surface area contributed by atoms with Gasteiger partial charge in [-0.2, -0.15) is 0 Å². The van der Waals surface area contributed by atoms with E-state index in [1.807, 2.05) is 29.6 Å². The summed E-state index contributed by atoms with van der Waals surface area (Å²) in [7, 11) is 1.64. The number of hydrogen-bond acceptors (Lipinski definition) is 4. The molecular formula is C15H16N2O2S. The van der Waals surface area contributed by atoms with Crippen LogP contribution in [0.2, 0.25) is 0 Å². The fourth-order valence-corrected chi connectivity index (χ4v) is 2.83. The monoisotopic (exact) mass is 288 g/mol. The molecule has 2 unspecified atom stereocenters. The van der Waals surface area contributed by atoms with Gasteiger partial charge in [0.1, 0.15) is 5.75 Å². The van der Waals surface area contributed by atoms with E-state index in [1.165, 1.54) is 11.3 Å². The average molecular weight is 288 g/mol. The molecule has 1 aromatic carbocycles. The number of ether oxygens (including phenoxy) is 1. The smallest absolute Gasteiger partial charge is 0.229 e. The van der Waals surface area contributed by atoms with Gasteiger partial charge in [-0.3, -0.25) is 4.79 Å². The highest BCUT2D eigenvalue weighted by molar-refractivity contribution is 7.14. The zero-order valence-corrected chi connectivity index (χ0v) is 12.2. The van der Waals surface area contributed by atoms with E-state index in [2.05, 4.69) is 17.2 Å². The van der Waals surface area contributed by atoms with Gasteiger partial charge in [0, 0.05) is 16.9 Å². The highest BCUT2D eigenvalue weighted by atomic mass is 32.1. The molecule has 1 aromatic heterocycles. The van der Waals surface area contributed by atoms with Crippen molar-refractivity contribution in [3.05, 3.63) is 29.6 Å². The molecule has 1 heterocycles. The first-order valence-electron chi connectivity index (χ1n) is 6.58. The Labute approximate surface area is 121 Å². The topological polar surface area (TPSA) is 51.2 Å². The number of rotatable bonds is 4. The quantitative estimate of drug-likeness (QED) is 0.938. The van der Waals surface area contributed by atoms with E-state index >= 15 is 0 Å². The molecule has 5 heteroatoms. The second kappa shape index (κ2) is 5.25. The number of anilines is 1. The number of hydrogen-bond donors (Lipinski definition) is 1. The van der Waals surface area contributed by atoms with Gasteiger partial charge in [-0.1, -0.05) is 6.92 Å². The molecule has 0 aliphatic heterocycles. The van der Waals surface area contributed by atoms with Gasteiger partial charge in [-0.15, -0.1) is 11.3 Å². The van der Waals surface area contributed by atoms with Crippen LogP contribution in [0.15, 0.2) is 29.6 Å². The number of carbonyl (C=O) groups excluding carboxylic acids is 1. The zero-order chi connectivity index (χ0) is 14.1. The molecule has 1 fully saturated rings. The molecule has 20 heavy (non-hydrogen) atoms.